The van der Waals surface area contributed by atoms with E-state index in [1.807, 2.05) is 12.1 Å². The van der Waals surface area contributed by atoms with E-state index in [9.17, 15) is 4.79 Å². The van der Waals surface area contributed by atoms with Crippen LogP contribution in [0.25, 0.3) is 0 Å². The third-order valence-electron chi connectivity index (χ3n) is 2.84. The Bertz CT molecular complexity index is 605. The van der Waals surface area contributed by atoms with Crippen LogP contribution in [0.3, 0.4) is 0 Å². The molecule has 1 aromatic carbocycles. The van der Waals surface area contributed by atoms with Crippen LogP contribution < -0.4 is 10.6 Å². The van der Waals surface area contributed by atoms with Crippen molar-refractivity contribution in [1.82, 2.24) is 10.3 Å². The van der Waals surface area contributed by atoms with Gasteiger partial charge in [-0.1, -0.05) is 23.2 Å². The molecule has 0 atom stereocenters. The monoisotopic (exact) mass is 323 g/mol. The maximum absolute atomic E-state index is 11.7. The molecule has 110 valence electrons. The average molecular weight is 324 g/mol. The predicted molar refractivity (Wildman–Crippen MR) is 85.7 cm³/mol. The van der Waals surface area contributed by atoms with Crippen molar-refractivity contribution in [3.8, 4) is 0 Å². The zero-order valence-electron chi connectivity index (χ0n) is 11.3. The van der Waals surface area contributed by atoms with Crippen LogP contribution in [-0.4, -0.2) is 17.4 Å². The minimum atomic E-state index is -0.0237. The fraction of sp³-hybridized carbons (Fsp3) is 0.200. The van der Waals surface area contributed by atoms with E-state index in [1.165, 1.54) is 0 Å². The summed E-state index contributed by atoms with van der Waals surface area (Å²) in [7, 11) is 0. The van der Waals surface area contributed by atoms with Crippen LogP contribution in [-0.2, 0) is 11.3 Å². The van der Waals surface area contributed by atoms with Crippen molar-refractivity contribution in [2.75, 3.05) is 11.9 Å². The Kier molecular flexibility index (Phi) is 5.84. The summed E-state index contributed by atoms with van der Waals surface area (Å²) in [6.07, 6.45) is 3.77. The van der Waals surface area contributed by atoms with Crippen molar-refractivity contribution in [3.63, 3.8) is 0 Å². The second-order valence-corrected chi connectivity index (χ2v) is 5.28. The largest absolute Gasteiger partial charge is 0.383 e. The molecule has 0 spiro atoms. The van der Waals surface area contributed by atoms with Crippen LogP contribution in [0, 0.1) is 0 Å². The molecule has 0 aliphatic heterocycles. The molecular formula is C15H15Cl2N3O. The third-order valence-corrected chi connectivity index (χ3v) is 3.39. The Morgan fingerprint density at radius 3 is 2.62 bits per heavy atom. The molecule has 1 amide bonds. The first-order chi connectivity index (χ1) is 10.1. The first-order valence-electron chi connectivity index (χ1n) is 6.49. The van der Waals surface area contributed by atoms with Gasteiger partial charge in [0.1, 0.15) is 0 Å². The number of aromatic nitrogens is 1. The molecule has 1 aromatic heterocycles. The molecule has 1 heterocycles. The van der Waals surface area contributed by atoms with Gasteiger partial charge in [0.2, 0.25) is 5.91 Å². The summed E-state index contributed by atoms with van der Waals surface area (Å²) in [4.78, 5) is 15.7. The molecule has 0 bridgehead atoms. The molecule has 0 aliphatic rings. The molecule has 0 aliphatic carbocycles. The van der Waals surface area contributed by atoms with Gasteiger partial charge in [0.25, 0.3) is 0 Å². The van der Waals surface area contributed by atoms with E-state index in [-0.39, 0.29) is 5.91 Å². The lowest BCUT2D eigenvalue weighted by Crippen LogP contribution is -2.24. The van der Waals surface area contributed by atoms with Gasteiger partial charge >= 0.3 is 0 Å². The summed E-state index contributed by atoms with van der Waals surface area (Å²) in [5.41, 5.74) is 1.79. The fourth-order valence-corrected chi connectivity index (χ4v) is 2.21. The summed E-state index contributed by atoms with van der Waals surface area (Å²) in [6.45, 7) is 1.01. The number of halogens is 2. The van der Waals surface area contributed by atoms with Gasteiger partial charge in [-0.3, -0.25) is 9.78 Å². The Labute approximate surface area is 133 Å². The van der Waals surface area contributed by atoms with Crippen molar-refractivity contribution >= 4 is 34.8 Å². The molecule has 0 saturated carbocycles. The fourth-order valence-electron chi connectivity index (χ4n) is 1.73. The molecule has 0 fully saturated rings. The Balaban J connectivity index is 1.72. The average Bonchev–Trinajstić information content (AvgIpc) is 2.48. The highest BCUT2D eigenvalue weighted by Gasteiger charge is 2.03. The predicted octanol–water partition coefficient (Wildman–Crippen LogP) is 3.51. The number of anilines is 1. The summed E-state index contributed by atoms with van der Waals surface area (Å²) in [5.74, 6) is -0.0237. The summed E-state index contributed by atoms with van der Waals surface area (Å²) < 4.78 is 0. The highest BCUT2D eigenvalue weighted by Crippen LogP contribution is 2.25. The molecular weight excluding hydrogens is 309 g/mol. The minimum absolute atomic E-state index is 0.0237. The second kappa shape index (κ2) is 7.86. The molecule has 0 unspecified atom stereocenters. The van der Waals surface area contributed by atoms with Crippen LogP contribution in [0.4, 0.5) is 5.69 Å². The van der Waals surface area contributed by atoms with Crippen molar-refractivity contribution in [1.29, 1.82) is 0 Å². The first-order valence-corrected chi connectivity index (χ1v) is 7.25. The number of rotatable bonds is 6. The quantitative estimate of drug-likeness (QED) is 0.855. The number of hydrogen-bond acceptors (Lipinski definition) is 3. The zero-order chi connectivity index (χ0) is 15.1. The number of carbonyl (C=O) groups is 1. The van der Waals surface area contributed by atoms with E-state index in [2.05, 4.69) is 15.6 Å². The number of nitrogens with one attached hydrogen (secondary N) is 2. The van der Waals surface area contributed by atoms with E-state index in [1.54, 1.807) is 30.6 Å². The standard InChI is InChI=1S/C15H15Cl2N3O/c16-12-1-2-14(13(17)9-12)19-8-5-15(21)20-10-11-3-6-18-7-4-11/h1-4,6-7,9,19H,5,8,10H2,(H,20,21). The lowest BCUT2D eigenvalue weighted by Gasteiger charge is -2.09. The Hall–Kier alpha value is -1.78. The van der Waals surface area contributed by atoms with E-state index in [4.69, 9.17) is 23.2 Å². The van der Waals surface area contributed by atoms with E-state index in [0.29, 0.717) is 29.6 Å². The SMILES string of the molecule is O=C(CCNc1ccc(Cl)cc1Cl)NCc1ccncc1. The van der Waals surface area contributed by atoms with Gasteiger partial charge in [-0.25, -0.2) is 0 Å². The number of pyridine rings is 1. The lowest BCUT2D eigenvalue weighted by atomic mass is 10.2. The number of nitrogens with zero attached hydrogens (tertiary/aromatic N) is 1. The maximum Gasteiger partial charge on any atom is 0.222 e. The van der Waals surface area contributed by atoms with Crippen LogP contribution in [0.1, 0.15) is 12.0 Å². The highest BCUT2D eigenvalue weighted by atomic mass is 35.5. The smallest absolute Gasteiger partial charge is 0.222 e. The number of carbonyl (C=O) groups excluding carboxylic acids is 1. The first kappa shape index (κ1) is 15.6. The number of benzene rings is 1. The summed E-state index contributed by atoms with van der Waals surface area (Å²) in [6, 6.07) is 8.94. The normalized spacial score (nSPS) is 10.2. The maximum atomic E-state index is 11.7. The lowest BCUT2D eigenvalue weighted by molar-refractivity contribution is -0.121. The van der Waals surface area contributed by atoms with Crippen molar-refractivity contribution in [2.45, 2.75) is 13.0 Å². The van der Waals surface area contributed by atoms with Crippen molar-refractivity contribution in [2.24, 2.45) is 0 Å². The molecule has 2 rings (SSSR count). The minimum Gasteiger partial charge on any atom is -0.383 e. The van der Waals surface area contributed by atoms with Gasteiger partial charge in [-0.2, -0.15) is 0 Å². The Morgan fingerprint density at radius 1 is 1.14 bits per heavy atom. The van der Waals surface area contributed by atoms with Crippen molar-refractivity contribution < 1.29 is 4.79 Å². The van der Waals surface area contributed by atoms with E-state index in [0.717, 1.165) is 11.3 Å². The van der Waals surface area contributed by atoms with Gasteiger partial charge in [-0.15, -0.1) is 0 Å². The van der Waals surface area contributed by atoms with Gasteiger partial charge < -0.3 is 10.6 Å². The highest BCUT2D eigenvalue weighted by molar-refractivity contribution is 6.36. The molecule has 2 aromatic rings. The molecule has 6 heteroatoms. The van der Waals surface area contributed by atoms with Gasteiger partial charge in [0, 0.05) is 36.9 Å². The van der Waals surface area contributed by atoms with Crippen LogP contribution in [0.2, 0.25) is 10.0 Å². The Morgan fingerprint density at radius 2 is 1.90 bits per heavy atom. The molecule has 4 nitrogen and oxygen atoms in total. The number of amides is 1. The van der Waals surface area contributed by atoms with Gasteiger partial charge in [-0.05, 0) is 35.9 Å². The van der Waals surface area contributed by atoms with Crippen LogP contribution in [0.15, 0.2) is 42.7 Å². The second-order valence-electron chi connectivity index (χ2n) is 4.43. The van der Waals surface area contributed by atoms with E-state index < -0.39 is 0 Å². The third kappa shape index (κ3) is 5.25. The van der Waals surface area contributed by atoms with Gasteiger partial charge in [0.05, 0.1) is 10.7 Å². The number of hydrogen-bond donors (Lipinski definition) is 2. The molecule has 0 saturated heterocycles. The van der Waals surface area contributed by atoms with Gasteiger partial charge in [0.15, 0.2) is 0 Å². The zero-order valence-corrected chi connectivity index (χ0v) is 12.8. The summed E-state index contributed by atoms with van der Waals surface area (Å²) in [5, 5.41) is 7.08. The van der Waals surface area contributed by atoms with Crippen molar-refractivity contribution in [3.05, 3.63) is 58.3 Å². The van der Waals surface area contributed by atoms with Crippen LogP contribution >= 0.6 is 23.2 Å². The molecule has 2 N–H and O–H groups in total. The van der Waals surface area contributed by atoms with Crippen LogP contribution in [0.5, 0.6) is 0 Å². The topological polar surface area (TPSA) is 54.0 Å². The molecule has 21 heavy (non-hydrogen) atoms. The van der Waals surface area contributed by atoms with E-state index >= 15 is 0 Å². The molecule has 0 radical (unpaired) electrons. The summed E-state index contributed by atoms with van der Waals surface area (Å²) >= 11 is 11.9.